The number of carbonyl (C=O) groups is 4. The van der Waals surface area contributed by atoms with E-state index in [1.807, 2.05) is 0 Å². The number of carbonyl (C=O) groups excluding carboxylic acids is 4. The molecule has 0 rings (SSSR count). The van der Waals surface area contributed by atoms with Crippen LogP contribution >= 0.6 is 0 Å². The third kappa shape index (κ3) is 7.85. The van der Waals surface area contributed by atoms with Crippen LogP contribution in [0.3, 0.4) is 0 Å². The third-order valence-electron chi connectivity index (χ3n) is 1.25. The minimum absolute atomic E-state index is 0.0424. The van der Waals surface area contributed by atoms with Crippen molar-refractivity contribution in [3.8, 4) is 0 Å². The Bertz CT molecular complexity index is 323. The molecule has 0 saturated carbocycles. The third-order valence-corrected chi connectivity index (χ3v) is 1.25. The Morgan fingerprint density at radius 1 is 0.778 bits per heavy atom. The number of hydrogen-bond donors (Lipinski definition) is 0. The molecule has 0 fully saturated rings. The summed E-state index contributed by atoms with van der Waals surface area (Å²) in [7, 11) is 0. The van der Waals surface area contributed by atoms with Crippen LogP contribution in [0.15, 0.2) is 12.2 Å². The zero-order valence-corrected chi connectivity index (χ0v) is 9.83. The van der Waals surface area contributed by atoms with E-state index in [0.717, 1.165) is 0 Å². The van der Waals surface area contributed by atoms with Gasteiger partial charge in [-0.15, -0.1) is 0 Å². The summed E-state index contributed by atoms with van der Waals surface area (Å²) in [5.74, 6) is -2.26. The highest BCUT2D eigenvalue weighted by Gasteiger charge is 2.11. The Balaban J connectivity index is 4.06. The van der Waals surface area contributed by atoms with Crippen LogP contribution in [0.5, 0.6) is 0 Å². The van der Waals surface area contributed by atoms with Gasteiger partial charge in [0.05, 0.1) is 13.2 Å². The topological polar surface area (TPSA) is 105 Å². The molecule has 18 heavy (non-hydrogen) atoms. The van der Waals surface area contributed by atoms with Crippen molar-refractivity contribution in [2.24, 2.45) is 0 Å². The minimum Gasteiger partial charge on any atom is -0.434 e. The van der Waals surface area contributed by atoms with Crippen LogP contribution in [0.4, 0.5) is 9.59 Å². The van der Waals surface area contributed by atoms with Gasteiger partial charge in [-0.2, -0.15) is 0 Å². The molecule has 0 saturated heterocycles. The minimum atomic E-state index is -1.19. The Morgan fingerprint density at radius 2 is 1.11 bits per heavy atom. The first kappa shape index (κ1) is 15.6. The summed E-state index contributed by atoms with van der Waals surface area (Å²) < 4.78 is 16.8. The fourth-order valence-corrected chi connectivity index (χ4v) is 0.663. The van der Waals surface area contributed by atoms with Gasteiger partial charge in [-0.1, -0.05) is 0 Å². The highest BCUT2D eigenvalue weighted by atomic mass is 16.7. The van der Waals surface area contributed by atoms with Gasteiger partial charge in [-0.3, -0.25) is 0 Å². The Kier molecular flexibility index (Phi) is 7.58. The first-order valence-electron chi connectivity index (χ1n) is 4.94. The number of hydrogen-bond acceptors (Lipinski definition) is 8. The van der Waals surface area contributed by atoms with Gasteiger partial charge in [0.1, 0.15) is 0 Å². The number of esters is 2. The van der Waals surface area contributed by atoms with Crippen LogP contribution in [0.2, 0.25) is 0 Å². The maximum absolute atomic E-state index is 10.9. The predicted octanol–water partition coefficient (Wildman–Crippen LogP) is 0.942. The fraction of sp³-hybridized carbons (Fsp3) is 0.400. The average molecular weight is 260 g/mol. The van der Waals surface area contributed by atoms with Gasteiger partial charge in [0.15, 0.2) is 0 Å². The highest BCUT2D eigenvalue weighted by Crippen LogP contribution is 1.91. The van der Waals surface area contributed by atoms with Crippen molar-refractivity contribution in [3.63, 3.8) is 0 Å². The molecule has 0 aromatic carbocycles. The second kappa shape index (κ2) is 8.74. The Labute approximate surface area is 102 Å². The van der Waals surface area contributed by atoms with Crippen LogP contribution in [-0.2, 0) is 28.5 Å². The zero-order valence-electron chi connectivity index (χ0n) is 9.83. The smallest absolute Gasteiger partial charge is 0.434 e. The predicted molar refractivity (Wildman–Crippen MR) is 55.4 cm³/mol. The van der Waals surface area contributed by atoms with Gasteiger partial charge in [-0.25, -0.2) is 19.2 Å². The van der Waals surface area contributed by atoms with Gasteiger partial charge in [0, 0.05) is 12.2 Å². The van der Waals surface area contributed by atoms with E-state index in [-0.39, 0.29) is 13.2 Å². The lowest BCUT2D eigenvalue weighted by Gasteiger charge is -1.99. The van der Waals surface area contributed by atoms with Gasteiger partial charge < -0.3 is 18.9 Å². The van der Waals surface area contributed by atoms with E-state index in [9.17, 15) is 19.2 Å². The van der Waals surface area contributed by atoms with Crippen molar-refractivity contribution in [2.75, 3.05) is 13.2 Å². The number of ether oxygens (including phenoxy) is 4. The monoisotopic (exact) mass is 260 g/mol. The quantitative estimate of drug-likeness (QED) is 0.417. The molecule has 0 atom stereocenters. The fourth-order valence-electron chi connectivity index (χ4n) is 0.663. The number of rotatable bonds is 4. The highest BCUT2D eigenvalue weighted by molar-refractivity contribution is 5.97. The summed E-state index contributed by atoms with van der Waals surface area (Å²) in [6.07, 6.45) is -1.16. The molecule has 0 N–H and O–H groups in total. The van der Waals surface area contributed by atoms with Crippen LogP contribution in [0.25, 0.3) is 0 Å². The SMILES string of the molecule is CCOC(=O)OC(=O)/C=C/C(=O)OC(=O)OCC. The second-order valence-corrected chi connectivity index (χ2v) is 2.54. The molecule has 8 nitrogen and oxygen atoms in total. The molecular formula is C10H12O8. The lowest BCUT2D eigenvalue weighted by atomic mass is 10.5. The largest absolute Gasteiger partial charge is 0.516 e. The van der Waals surface area contributed by atoms with E-state index in [2.05, 4.69) is 18.9 Å². The summed E-state index contributed by atoms with van der Waals surface area (Å²) in [4.78, 5) is 43.2. The van der Waals surface area contributed by atoms with E-state index in [4.69, 9.17) is 0 Å². The van der Waals surface area contributed by atoms with E-state index in [0.29, 0.717) is 12.2 Å². The van der Waals surface area contributed by atoms with Crippen molar-refractivity contribution in [3.05, 3.63) is 12.2 Å². The van der Waals surface area contributed by atoms with Crippen molar-refractivity contribution >= 4 is 24.2 Å². The van der Waals surface area contributed by atoms with Gasteiger partial charge in [0.25, 0.3) is 0 Å². The molecule has 100 valence electrons. The molecule has 0 aromatic heterocycles. The lowest BCUT2D eigenvalue weighted by Crippen LogP contribution is -2.14. The maximum atomic E-state index is 10.9. The van der Waals surface area contributed by atoms with Crippen LogP contribution in [-0.4, -0.2) is 37.5 Å². The lowest BCUT2D eigenvalue weighted by molar-refractivity contribution is -0.137. The Hall–Kier alpha value is -2.38. The molecule has 0 spiro atoms. The zero-order chi connectivity index (χ0) is 14.0. The first-order valence-corrected chi connectivity index (χ1v) is 4.94. The molecule has 0 heterocycles. The summed E-state index contributed by atoms with van der Waals surface area (Å²) in [6.45, 7) is 3.14. The van der Waals surface area contributed by atoms with Gasteiger partial charge >= 0.3 is 24.2 Å². The van der Waals surface area contributed by atoms with E-state index in [1.165, 1.54) is 13.8 Å². The van der Waals surface area contributed by atoms with Crippen molar-refractivity contribution in [1.29, 1.82) is 0 Å². The Morgan fingerprint density at radius 3 is 1.39 bits per heavy atom. The van der Waals surface area contributed by atoms with Crippen molar-refractivity contribution in [2.45, 2.75) is 13.8 Å². The molecule has 0 unspecified atom stereocenters. The summed E-state index contributed by atoms with van der Waals surface area (Å²) in [5.41, 5.74) is 0. The molecule has 8 heteroatoms. The summed E-state index contributed by atoms with van der Waals surface area (Å²) in [5, 5.41) is 0. The van der Waals surface area contributed by atoms with E-state index >= 15 is 0 Å². The second-order valence-electron chi connectivity index (χ2n) is 2.54. The van der Waals surface area contributed by atoms with Gasteiger partial charge in [0.2, 0.25) is 0 Å². The average Bonchev–Trinajstić information content (AvgIpc) is 2.27. The molecular weight excluding hydrogens is 248 g/mol. The molecule has 0 aliphatic carbocycles. The van der Waals surface area contributed by atoms with Crippen molar-refractivity contribution < 1.29 is 38.1 Å². The van der Waals surface area contributed by atoms with Crippen LogP contribution in [0.1, 0.15) is 13.8 Å². The van der Waals surface area contributed by atoms with E-state index < -0.39 is 24.2 Å². The molecule has 0 aromatic rings. The van der Waals surface area contributed by atoms with E-state index in [1.54, 1.807) is 0 Å². The summed E-state index contributed by atoms with van der Waals surface area (Å²) >= 11 is 0. The van der Waals surface area contributed by atoms with Crippen LogP contribution < -0.4 is 0 Å². The molecule has 0 amide bonds. The normalized spacial score (nSPS) is 9.67. The van der Waals surface area contributed by atoms with Crippen molar-refractivity contribution in [1.82, 2.24) is 0 Å². The van der Waals surface area contributed by atoms with Crippen LogP contribution in [0, 0.1) is 0 Å². The van der Waals surface area contributed by atoms with Gasteiger partial charge in [-0.05, 0) is 13.8 Å². The molecule has 0 aliphatic rings. The summed E-state index contributed by atoms with van der Waals surface area (Å²) in [6, 6.07) is 0. The molecule has 0 radical (unpaired) electrons. The maximum Gasteiger partial charge on any atom is 0.516 e. The standard InChI is InChI=1S/C10H12O8/c1-3-15-9(13)17-7(11)5-6-8(12)18-10(14)16-4-2/h5-6H,3-4H2,1-2H3/b6-5+. The molecule has 0 bridgehead atoms. The first-order chi connectivity index (χ1) is 8.49. The molecule has 0 aliphatic heterocycles.